The summed E-state index contributed by atoms with van der Waals surface area (Å²) in [5.41, 5.74) is 4.53. The van der Waals surface area contributed by atoms with Gasteiger partial charge in [-0.05, 0) is 37.3 Å². The van der Waals surface area contributed by atoms with E-state index in [1.807, 2.05) is 0 Å². The molecule has 0 spiro atoms. The minimum atomic E-state index is -0.0963. The number of pyridine rings is 1. The molecule has 2 N–H and O–H groups in total. The largest absolute Gasteiger partial charge is 0.480 e. The summed E-state index contributed by atoms with van der Waals surface area (Å²) in [4.78, 5) is 31.3. The van der Waals surface area contributed by atoms with E-state index in [1.54, 1.807) is 49.1 Å². The van der Waals surface area contributed by atoms with Crippen LogP contribution in [-0.4, -0.2) is 48.4 Å². The summed E-state index contributed by atoms with van der Waals surface area (Å²) >= 11 is 3.48. The lowest BCUT2D eigenvalue weighted by molar-refractivity contribution is 0.122. The lowest BCUT2D eigenvalue weighted by atomic mass is 10.1. The van der Waals surface area contributed by atoms with Crippen molar-refractivity contribution in [1.82, 2.24) is 15.0 Å². The Hall–Kier alpha value is -3.47. The van der Waals surface area contributed by atoms with Gasteiger partial charge in [-0.3, -0.25) is 9.78 Å². The number of rotatable bonds is 6. The highest BCUT2D eigenvalue weighted by Gasteiger charge is 2.22. The van der Waals surface area contributed by atoms with Crippen LogP contribution in [0, 0.1) is 0 Å². The third-order valence-corrected chi connectivity index (χ3v) is 9.11. The van der Waals surface area contributed by atoms with Crippen molar-refractivity contribution in [2.24, 2.45) is 0 Å². The molecule has 2 aromatic carbocycles. The molecule has 1 saturated heterocycles. The van der Waals surface area contributed by atoms with Crippen LogP contribution in [0.3, 0.4) is 0 Å². The summed E-state index contributed by atoms with van der Waals surface area (Å²) in [6.07, 6.45) is 3.35. The third-order valence-electron chi connectivity index (χ3n) is 6.52. The Labute approximate surface area is 229 Å². The van der Waals surface area contributed by atoms with E-state index < -0.39 is 0 Å². The number of morpholine rings is 1. The minimum absolute atomic E-state index is 0.0358. The molecule has 0 bridgehead atoms. The van der Waals surface area contributed by atoms with Crippen LogP contribution in [0.4, 0.5) is 11.4 Å². The van der Waals surface area contributed by atoms with Crippen molar-refractivity contribution in [2.45, 2.75) is 32.5 Å². The lowest BCUT2D eigenvalue weighted by Gasteiger charge is -2.29. The molecule has 8 nitrogen and oxygen atoms in total. The highest BCUT2D eigenvalue weighted by molar-refractivity contribution is 8.05. The van der Waals surface area contributed by atoms with Gasteiger partial charge in [-0.15, -0.1) is 0 Å². The first-order valence-electron chi connectivity index (χ1n) is 12.4. The van der Waals surface area contributed by atoms with Gasteiger partial charge in [0.05, 0.1) is 50.1 Å². The molecule has 2 aromatic heterocycles. The van der Waals surface area contributed by atoms with Gasteiger partial charge in [-0.25, -0.2) is 4.98 Å². The van der Waals surface area contributed by atoms with Gasteiger partial charge >= 0.3 is 0 Å². The second kappa shape index (κ2) is 10.7. The zero-order valence-electron chi connectivity index (χ0n) is 21.1. The second-order valence-corrected chi connectivity index (χ2v) is 11.2. The van der Waals surface area contributed by atoms with Gasteiger partial charge in [0, 0.05) is 55.7 Å². The topological polar surface area (TPSA) is 92.4 Å². The van der Waals surface area contributed by atoms with E-state index in [2.05, 4.69) is 74.6 Å². The number of methoxy groups -OCH3 is 1. The maximum atomic E-state index is 12.6. The molecule has 0 saturated carbocycles. The molecule has 38 heavy (non-hydrogen) atoms. The molecule has 4 heterocycles. The fourth-order valence-electron chi connectivity index (χ4n) is 4.58. The molecule has 1 unspecified atom stereocenters. The Morgan fingerprint density at radius 3 is 2.76 bits per heavy atom. The summed E-state index contributed by atoms with van der Waals surface area (Å²) in [6, 6.07) is 16.4. The van der Waals surface area contributed by atoms with Gasteiger partial charge in [0.2, 0.25) is 11.4 Å². The minimum Gasteiger partial charge on any atom is -0.480 e. The van der Waals surface area contributed by atoms with Gasteiger partial charge in [-0.2, -0.15) is 0 Å². The summed E-state index contributed by atoms with van der Waals surface area (Å²) in [6.45, 7) is 4.97. The molecule has 194 valence electrons. The summed E-state index contributed by atoms with van der Waals surface area (Å²) in [5, 5.41) is 3.53. The van der Waals surface area contributed by atoms with Crippen molar-refractivity contribution < 1.29 is 9.47 Å². The van der Waals surface area contributed by atoms with E-state index in [9.17, 15) is 4.79 Å². The highest BCUT2D eigenvalue weighted by atomic mass is 32.2. The van der Waals surface area contributed by atoms with Crippen LogP contribution in [0.2, 0.25) is 0 Å². The second-order valence-electron chi connectivity index (χ2n) is 9.07. The van der Waals surface area contributed by atoms with E-state index in [1.165, 1.54) is 14.7 Å². The molecule has 1 fully saturated rings. The first kappa shape index (κ1) is 24.8. The number of nitrogens with zero attached hydrogens (tertiary/aromatic N) is 3. The Balaban J connectivity index is 1.26. The first-order valence-corrected chi connectivity index (χ1v) is 14.0. The smallest absolute Gasteiger partial charge is 0.250 e. The zero-order valence-corrected chi connectivity index (χ0v) is 22.7. The van der Waals surface area contributed by atoms with Crippen LogP contribution in [-0.2, 0) is 4.74 Å². The Kier molecular flexibility index (Phi) is 7.01. The molecule has 1 atom stereocenters. The van der Waals surface area contributed by atoms with Crippen molar-refractivity contribution in [3.63, 3.8) is 0 Å². The van der Waals surface area contributed by atoms with E-state index in [-0.39, 0.29) is 11.6 Å². The average Bonchev–Trinajstić information content (AvgIpc) is 2.96. The number of nitrogens with one attached hydrogen (secondary N) is 2. The third kappa shape index (κ3) is 5.11. The van der Waals surface area contributed by atoms with Crippen molar-refractivity contribution in [3.8, 4) is 17.1 Å². The quantitative estimate of drug-likeness (QED) is 0.288. The van der Waals surface area contributed by atoms with Crippen molar-refractivity contribution in [3.05, 3.63) is 77.0 Å². The standard InChI is InChI=1S/C28H27N5O3S2/c1-17(22-15-29-16-27(32-22)35-2)30-18-6-7-23-25(12-18)37-24-5-3-4-20(28(24)38-23)21-13-19(14-26(34)31-21)33-8-10-36-11-9-33/h3-7,12-17,30H,8-11H2,1-2H3,(H,31,34). The van der Waals surface area contributed by atoms with Crippen LogP contribution >= 0.6 is 23.5 Å². The van der Waals surface area contributed by atoms with Crippen molar-refractivity contribution in [2.75, 3.05) is 43.6 Å². The molecule has 0 radical (unpaired) electrons. The Bertz CT molecular complexity index is 1540. The number of hydrogen-bond acceptors (Lipinski definition) is 9. The Morgan fingerprint density at radius 1 is 1.05 bits per heavy atom. The summed E-state index contributed by atoms with van der Waals surface area (Å²) in [7, 11) is 1.59. The number of ether oxygens (including phenoxy) is 2. The van der Waals surface area contributed by atoms with Gasteiger partial charge in [0.15, 0.2) is 0 Å². The molecule has 2 aliphatic rings. The maximum Gasteiger partial charge on any atom is 0.250 e. The van der Waals surface area contributed by atoms with Crippen LogP contribution in [0.1, 0.15) is 18.7 Å². The maximum absolute atomic E-state index is 12.6. The van der Waals surface area contributed by atoms with E-state index in [0.29, 0.717) is 19.1 Å². The van der Waals surface area contributed by atoms with Gasteiger partial charge in [-0.1, -0.05) is 35.7 Å². The number of H-pyrrole nitrogens is 1. The molecule has 6 rings (SSSR count). The van der Waals surface area contributed by atoms with Crippen LogP contribution in [0.5, 0.6) is 5.88 Å². The predicted molar refractivity (Wildman–Crippen MR) is 151 cm³/mol. The summed E-state index contributed by atoms with van der Waals surface area (Å²) in [5.74, 6) is 0.498. The number of anilines is 2. The summed E-state index contributed by atoms with van der Waals surface area (Å²) < 4.78 is 10.7. The normalized spacial score (nSPS) is 15.4. The number of benzene rings is 2. The fraction of sp³-hybridized carbons (Fsp3) is 0.250. The highest BCUT2D eigenvalue weighted by Crippen LogP contribution is 2.52. The van der Waals surface area contributed by atoms with Crippen molar-refractivity contribution in [1.29, 1.82) is 0 Å². The lowest BCUT2D eigenvalue weighted by Crippen LogP contribution is -2.36. The molecule has 10 heteroatoms. The molecule has 0 aliphatic carbocycles. The van der Waals surface area contributed by atoms with Gasteiger partial charge < -0.3 is 24.7 Å². The fourth-order valence-corrected chi connectivity index (χ4v) is 6.99. The van der Waals surface area contributed by atoms with E-state index >= 15 is 0 Å². The van der Waals surface area contributed by atoms with E-state index in [4.69, 9.17) is 9.47 Å². The molecular weight excluding hydrogens is 518 g/mol. The molecule has 4 aromatic rings. The SMILES string of the molecule is COc1cncc(C(C)Nc2ccc3c(c2)Sc2cccc(-c4cc(N5CCOCC5)cc(=O)[nH]4)c2S3)n1. The van der Waals surface area contributed by atoms with Crippen molar-refractivity contribution >= 4 is 34.9 Å². The molecular formula is C28H27N5O3S2. The first-order chi connectivity index (χ1) is 18.6. The Morgan fingerprint density at radius 2 is 1.92 bits per heavy atom. The van der Waals surface area contributed by atoms with Gasteiger partial charge in [0.25, 0.3) is 0 Å². The van der Waals surface area contributed by atoms with E-state index in [0.717, 1.165) is 46.3 Å². The molecule has 2 aliphatic heterocycles. The number of fused-ring (bicyclic) bond motifs is 2. The van der Waals surface area contributed by atoms with Crippen LogP contribution in [0.25, 0.3) is 11.3 Å². The van der Waals surface area contributed by atoms with Gasteiger partial charge in [0.1, 0.15) is 0 Å². The predicted octanol–water partition coefficient (Wildman–Crippen LogP) is 5.47. The number of aromatic amines is 1. The zero-order chi connectivity index (χ0) is 26.1. The monoisotopic (exact) mass is 545 g/mol. The average molecular weight is 546 g/mol. The molecule has 0 amide bonds. The number of aromatic nitrogens is 3. The van der Waals surface area contributed by atoms with Crippen LogP contribution in [0.15, 0.2) is 85.3 Å². The van der Waals surface area contributed by atoms with Crippen LogP contribution < -0.4 is 20.5 Å². The number of hydrogen-bond donors (Lipinski definition) is 2.